The van der Waals surface area contributed by atoms with E-state index in [0.29, 0.717) is 12.3 Å². The van der Waals surface area contributed by atoms with E-state index in [1.165, 1.54) is 0 Å². The van der Waals surface area contributed by atoms with E-state index >= 15 is 0 Å². The maximum atomic E-state index is 11.6. The molecular formula is C20H23N3O3. The molecule has 0 saturated carbocycles. The molecule has 136 valence electrons. The molecule has 2 aromatic rings. The number of ether oxygens (including phenoxy) is 1. The summed E-state index contributed by atoms with van der Waals surface area (Å²) in [6.07, 6.45) is 0. The van der Waals surface area contributed by atoms with Gasteiger partial charge in [-0.15, -0.1) is 0 Å². The van der Waals surface area contributed by atoms with Gasteiger partial charge in [-0.05, 0) is 56.2 Å². The van der Waals surface area contributed by atoms with Crippen LogP contribution >= 0.6 is 0 Å². The second kappa shape index (κ2) is 9.36. The molecule has 6 heteroatoms. The summed E-state index contributed by atoms with van der Waals surface area (Å²) in [5.41, 5.74) is 4.76. The molecule has 0 fully saturated rings. The molecule has 0 aliphatic heterocycles. The number of hydrogen-bond donors (Lipinski definition) is 2. The number of carbonyl (C=O) groups excluding carboxylic acids is 2. The zero-order chi connectivity index (χ0) is 18.9. The zero-order valence-corrected chi connectivity index (χ0v) is 15.2. The highest BCUT2D eigenvalue weighted by atomic mass is 16.5. The molecule has 0 aliphatic carbocycles. The zero-order valence-electron chi connectivity index (χ0n) is 15.2. The summed E-state index contributed by atoms with van der Waals surface area (Å²) >= 11 is 0. The van der Waals surface area contributed by atoms with Crippen molar-refractivity contribution in [2.45, 2.75) is 33.4 Å². The minimum atomic E-state index is -0.791. The van der Waals surface area contributed by atoms with Crippen LogP contribution in [0.1, 0.15) is 31.9 Å². The van der Waals surface area contributed by atoms with Crippen LogP contribution in [0.5, 0.6) is 5.75 Å². The molecule has 2 aromatic carbocycles. The van der Waals surface area contributed by atoms with Crippen LogP contribution in [0.25, 0.3) is 0 Å². The van der Waals surface area contributed by atoms with Crippen molar-refractivity contribution in [2.75, 3.05) is 0 Å². The van der Waals surface area contributed by atoms with Crippen LogP contribution in [0.2, 0.25) is 0 Å². The molecule has 2 N–H and O–H groups in total. The lowest BCUT2D eigenvalue weighted by Crippen LogP contribution is -2.41. The molecular weight excluding hydrogens is 330 g/mol. The van der Waals surface area contributed by atoms with E-state index < -0.39 is 11.8 Å². The van der Waals surface area contributed by atoms with Gasteiger partial charge in [-0.3, -0.25) is 9.59 Å². The first-order chi connectivity index (χ1) is 12.5. The predicted molar refractivity (Wildman–Crippen MR) is 101 cm³/mol. The van der Waals surface area contributed by atoms with Crippen molar-refractivity contribution in [3.05, 3.63) is 65.7 Å². The quantitative estimate of drug-likeness (QED) is 0.476. The van der Waals surface area contributed by atoms with Gasteiger partial charge in [-0.2, -0.15) is 5.10 Å². The van der Waals surface area contributed by atoms with Gasteiger partial charge >= 0.3 is 11.8 Å². The van der Waals surface area contributed by atoms with Crippen LogP contribution in [-0.2, 0) is 16.2 Å². The Morgan fingerprint density at radius 2 is 1.65 bits per heavy atom. The Labute approximate surface area is 153 Å². The molecule has 2 rings (SSSR count). The van der Waals surface area contributed by atoms with Crippen molar-refractivity contribution in [1.82, 2.24) is 10.7 Å². The summed E-state index contributed by atoms with van der Waals surface area (Å²) in [6.45, 7) is 5.80. The summed E-state index contributed by atoms with van der Waals surface area (Å²) in [6, 6.07) is 17.2. The maximum absolute atomic E-state index is 11.6. The first-order valence-corrected chi connectivity index (χ1v) is 8.38. The largest absolute Gasteiger partial charge is 0.489 e. The van der Waals surface area contributed by atoms with Crippen LogP contribution in [0.4, 0.5) is 0 Å². The molecule has 0 radical (unpaired) electrons. The van der Waals surface area contributed by atoms with Gasteiger partial charge in [0.25, 0.3) is 0 Å². The van der Waals surface area contributed by atoms with Crippen molar-refractivity contribution in [2.24, 2.45) is 5.10 Å². The van der Waals surface area contributed by atoms with Gasteiger partial charge in [0.2, 0.25) is 0 Å². The highest BCUT2D eigenvalue weighted by molar-refractivity contribution is 6.35. The minimum absolute atomic E-state index is 0.109. The lowest BCUT2D eigenvalue weighted by molar-refractivity contribution is -0.139. The summed E-state index contributed by atoms with van der Waals surface area (Å²) in [7, 11) is 0. The highest BCUT2D eigenvalue weighted by Crippen LogP contribution is 2.14. The monoisotopic (exact) mass is 353 g/mol. The van der Waals surface area contributed by atoms with Gasteiger partial charge in [0.1, 0.15) is 12.4 Å². The Balaban J connectivity index is 1.90. The Hall–Kier alpha value is -3.15. The lowest BCUT2D eigenvalue weighted by Gasteiger charge is -2.08. The number of benzene rings is 2. The average Bonchev–Trinajstić information content (AvgIpc) is 2.64. The Kier molecular flexibility index (Phi) is 6.91. The summed E-state index contributed by atoms with van der Waals surface area (Å²) < 4.78 is 5.73. The Bertz CT molecular complexity index is 769. The lowest BCUT2D eigenvalue weighted by atomic mass is 10.1. The Morgan fingerprint density at radius 1 is 1.00 bits per heavy atom. The molecule has 0 aromatic heterocycles. The standard InChI is InChI=1S/C20H23N3O3/c1-14(2)21-19(24)20(25)23-22-15(3)17-9-11-18(12-10-17)26-13-16-7-5-4-6-8-16/h4-12,14H,13H2,1-3H3,(H,21,24)(H,23,25)/b22-15-. The molecule has 2 amide bonds. The molecule has 0 unspecified atom stereocenters. The van der Waals surface area contributed by atoms with Crippen molar-refractivity contribution < 1.29 is 14.3 Å². The number of nitrogens with one attached hydrogen (secondary N) is 2. The third-order valence-corrected chi connectivity index (χ3v) is 3.47. The van der Waals surface area contributed by atoms with Crippen molar-refractivity contribution in [3.8, 4) is 5.75 Å². The minimum Gasteiger partial charge on any atom is -0.489 e. The number of rotatable bonds is 6. The first kappa shape index (κ1) is 19.2. The van der Waals surface area contributed by atoms with Gasteiger partial charge in [-0.1, -0.05) is 30.3 Å². The second-order valence-electron chi connectivity index (χ2n) is 6.06. The topological polar surface area (TPSA) is 79.8 Å². The van der Waals surface area contributed by atoms with Gasteiger partial charge < -0.3 is 10.1 Å². The van der Waals surface area contributed by atoms with Crippen LogP contribution in [0.15, 0.2) is 59.7 Å². The number of amides is 2. The number of hydrogen-bond acceptors (Lipinski definition) is 4. The van der Waals surface area contributed by atoms with Crippen LogP contribution in [-0.4, -0.2) is 23.6 Å². The SMILES string of the molecule is C/C(=N/NC(=O)C(=O)NC(C)C)c1ccc(OCc2ccccc2)cc1. The van der Waals surface area contributed by atoms with Gasteiger partial charge in [0.05, 0.1) is 5.71 Å². The van der Waals surface area contributed by atoms with E-state index in [1.807, 2.05) is 54.6 Å². The normalized spacial score (nSPS) is 11.2. The van der Waals surface area contributed by atoms with Crippen LogP contribution < -0.4 is 15.5 Å². The van der Waals surface area contributed by atoms with Crippen molar-refractivity contribution in [3.63, 3.8) is 0 Å². The van der Waals surface area contributed by atoms with Crippen LogP contribution in [0, 0.1) is 0 Å². The summed E-state index contributed by atoms with van der Waals surface area (Å²) in [5.74, 6) is -0.757. The van der Waals surface area contributed by atoms with E-state index in [9.17, 15) is 9.59 Å². The van der Waals surface area contributed by atoms with E-state index in [-0.39, 0.29) is 6.04 Å². The summed E-state index contributed by atoms with van der Waals surface area (Å²) in [4.78, 5) is 23.2. The molecule has 0 atom stereocenters. The highest BCUT2D eigenvalue weighted by Gasteiger charge is 2.13. The molecule has 0 heterocycles. The van der Waals surface area contributed by atoms with Gasteiger partial charge in [0.15, 0.2) is 0 Å². The fourth-order valence-corrected chi connectivity index (χ4v) is 2.11. The Morgan fingerprint density at radius 3 is 2.27 bits per heavy atom. The average molecular weight is 353 g/mol. The molecule has 0 saturated heterocycles. The van der Waals surface area contributed by atoms with E-state index in [1.54, 1.807) is 20.8 Å². The number of nitrogens with zero attached hydrogens (tertiary/aromatic N) is 1. The molecule has 26 heavy (non-hydrogen) atoms. The van der Waals surface area contributed by atoms with Gasteiger partial charge in [0, 0.05) is 6.04 Å². The maximum Gasteiger partial charge on any atom is 0.329 e. The number of hydrazone groups is 1. The molecule has 6 nitrogen and oxygen atoms in total. The van der Waals surface area contributed by atoms with E-state index in [4.69, 9.17) is 4.74 Å². The first-order valence-electron chi connectivity index (χ1n) is 8.38. The predicted octanol–water partition coefficient (Wildman–Crippen LogP) is 2.63. The molecule has 0 spiro atoms. The third-order valence-electron chi connectivity index (χ3n) is 3.47. The van der Waals surface area contributed by atoms with Crippen molar-refractivity contribution >= 4 is 17.5 Å². The van der Waals surface area contributed by atoms with Crippen LogP contribution in [0.3, 0.4) is 0 Å². The van der Waals surface area contributed by atoms with Gasteiger partial charge in [-0.25, -0.2) is 5.43 Å². The fourth-order valence-electron chi connectivity index (χ4n) is 2.11. The van der Waals surface area contributed by atoms with Crippen molar-refractivity contribution in [1.29, 1.82) is 0 Å². The second-order valence-corrected chi connectivity index (χ2v) is 6.06. The van der Waals surface area contributed by atoms with E-state index in [2.05, 4.69) is 15.8 Å². The third kappa shape index (κ3) is 6.05. The van der Waals surface area contributed by atoms with E-state index in [0.717, 1.165) is 16.9 Å². The number of carbonyl (C=O) groups is 2. The smallest absolute Gasteiger partial charge is 0.329 e. The summed E-state index contributed by atoms with van der Waals surface area (Å²) in [5, 5.41) is 6.47. The molecule has 0 bridgehead atoms. The molecule has 0 aliphatic rings. The fraction of sp³-hybridized carbons (Fsp3) is 0.250.